The highest BCUT2D eigenvalue weighted by Gasteiger charge is 2.20. The number of aromatic nitrogens is 2. The lowest BCUT2D eigenvalue weighted by molar-refractivity contribution is -0.384. The Hall–Kier alpha value is -3.29. The molecule has 3 rings (SSSR count). The highest BCUT2D eigenvalue weighted by atomic mass is 16.6. The second kappa shape index (κ2) is 8.88. The molecule has 0 spiro atoms. The number of nitrogens with zero attached hydrogens (tertiary/aromatic N) is 4. The third-order valence-electron chi connectivity index (χ3n) is 4.58. The number of carbonyl (C=O) groups is 1. The summed E-state index contributed by atoms with van der Waals surface area (Å²) in [5, 5.41) is 13.6. The minimum Gasteiger partial charge on any atom is -0.355 e. The van der Waals surface area contributed by atoms with E-state index < -0.39 is 4.92 Å². The van der Waals surface area contributed by atoms with Gasteiger partial charge in [-0.1, -0.05) is 0 Å². The van der Waals surface area contributed by atoms with Crippen molar-refractivity contribution in [1.29, 1.82) is 0 Å². The Morgan fingerprint density at radius 3 is 2.63 bits per heavy atom. The average molecular weight is 367 g/mol. The first-order valence-corrected chi connectivity index (χ1v) is 8.83. The van der Waals surface area contributed by atoms with Gasteiger partial charge in [-0.25, -0.2) is 4.98 Å². The third-order valence-corrected chi connectivity index (χ3v) is 4.58. The highest BCUT2D eigenvalue weighted by molar-refractivity contribution is 5.91. The largest absolute Gasteiger partial charge is 0.355 e. The summed E-state index contributed by atoms with van der Waals surface area (Å²) < 4.78 is 0. The Morgan fingerprint density at radius 2 is 2.00 bits per heavy atom. The number of nitrogens with one attached hydrogen (secondary N) is 1. The molecule has 0 unspecified atom stereocenters. The average Bonchev–Trinajstić information content (AvgIpc) is 2.72. The molecule has 8 heteroatoms. The summed E-state index contributed by atoms with van der Waals surface area (Å²) in [6.07, 6.45) is 10.2. The minimum atomic E-state index is -0.449. The highest BCUT2D eigenvalue weighted by Crippen LogP contribution is 2.20. The third kappa shape index (κ3) is 5.34. The van der Waals surface area contributed by atoms with Gasteiger partial charge < -0.3 is 10.2 Å². The summed E-state index contributed by atoms with van der Waals surface area (Å²) in [6, 6.07) is 6.07. The summed E-state index contributed by atoms with van der Waals surface area (Å²) in [7, 11) is 0. The number of anilines is 1. The summed E-state index contributed by atoms with van der Waals surface area (Å²) in [5.74, 6) is 1.17. The maximum Gasteiger partial charge on any atom is 0.269 e. The monoisotopic (exact) mass is 367 g/mol. The van der Waals surface area contributed by atoms with Crippen molar-refractivity contribution in [2.75, 3.05) is 24.5 Å². The van der Waals surface area contributed by atoms with Gasteiger partial charge in [-0.15, -0.1) is 0 Å². The van der Waals surface area contributed by atoms with Crippen LogP contribution in [0.15, 0.2) is 48.9 Å². The molecule has 27 heavy (non-hydrogen) atoms. The lowest BCUT2D eigenvalue weighted by Gasteiger charge is -2.32. The number of nitro benzene ring substituents is 1. The molecule has 140 valence electrons. The van der Waals surface area contributed by atoms with Crippen LogP contribution < -0.4 is 10.2 Å². The van der Waals surface area contributed by atoms with Gasteiger partial charge in [0.25, 0.3) is 5.69 Å². The lowest BCUT2D eigenvalue weighted by Crippen LogP contribution is -2.38. The van der Waals surface area contributed by atoms with Gasteiger partial charge in [0.15, 0.2) is 0 Å². The molecule has 1 aromatic heterocycles. The molecule has 1 saturated heterocycles. The van der Waals surface area contributed by atoms with E-state index in [1.54, 1.807) is 36.8 Å². The van der Waals surface area contributed by atoms with E-state index in [0.717, 1.165) is 37.3 Å². The van der Waals surface area contributed by atoms with E-state index in [-0.39, 0.29) is 11.6 Å². The van der Waals surface area contributed by atoms with E-state index in [4.69, 9.17) is 0 Å². The zero-order valence-corrected chi connectivity index (χ0v) is 14.8. The molecule has 1 N–H and O–H groups in total. The first kappa shape index (κ1) is 18.5. The summed E-state index contributed by atoms with van der Waals surface area (Å²) in [4.78, 5) is 32.8. The van der Waals surface area contributed by atoms with Crippen molar-refractivity contribution in [3.63, 3.8) is 0 Å². The minimum absolute atomic E-state index is 0.0319. The summed E-state index contributed by atoms with van der Waals surface area (Å²) in [5.41, 5.74) is 0.775. The fourth-order valence-corrected chi connectivity index (χ4v) is 3.00. The van der Waals surface area contributed by atoms with Crippen LogP contribution in [0.2, 0.25) is 0 Å². The zero-order chi connectivity index (χ0) is 19.1. The smallest absolute Gasteiger partial charge is 0.269 e. The first-order valence-electron chi connectivity index (χ1n) is 8.83. The van der Waals surface area contributed by atoms with Crippen LogP contribution in [0, 0.1) is 16.0 Å². The number of piperidine rings is 1. The van der Waals surface area contributed by atoms with Crippen LogP contribution in [0.1, 0.15) is 18.4 Å². The van der Waals surface area contributed by atoms with E-state index in [2.05, 4.69) is 20.2 Å². The van der Waals surface area contributed by atoms with Crippen molar-refractivity contribution in [3.8, 4) is 0 Å². The first-order chi connectivity index (χ1) is 13.1. The van der Waals surface area contributed by atoms with Gasteiger partial charge >= 0.3 is 0 Å². The molecule has 1 aromatic carbocycles. The predicted molar refractivity (Wildman–Crippen MR) is 102 cm³/mol. The predicted octanol–water partition coefficient (Wildman–Crippen LogP) is 2.43. The van der Waals surface area contributed by atoms with Crippen LogP contribution >= 0.6 is 0 Å². The van der Waals surface area contributed by atoms with E-state index in [1.165, 1.54) is 18.2 Å². The molecule has 8 nitrogen and oxygen atoms in total. The molecule has 0 aliphatic carbocycles. The van der Waals surface area contributed by atoms with Gasteiger partial charge in [0.2, 0.25) is 5.91 Å². The number of benzene rings is 1. The molecule has 2 aromatic rings. The molecule has 0 bridgehead atoms. The van der Waals surface area contributed by atoms with E-state index in [9.17, 15) is 14.9 Å². The van der Waals surface area contributed by atoms with Crippen molar-refractivity contribution in [2.24, 2.45) is 5.92 Å². The number of non-ortho nitro benzene ring substituents is 1. The normalized spacial score (nSPS) is 15.0. The maximum absolute atomic E-state index is 12.0. The molecule has 1 aliphatic heterocycles. The molecular weight excluding hydrogens is 346 g/mol. The van der Waals surface area contributed by atoms with Crippen LogP contribution in [0.4, 0.5) is 11.5 Å². The zero-order valence-electron chi connectivity index (χ0n) is 14.8. The molecular formula is C19H21N5O3. The van der Waals surface area contributed by atoms with Crippen LogP contribution in [-0.4, -0.2) is 40.4 Å². The maximum atomic E-state index is 12.0. The van der Waals surface area contributed by atoms with Gasteiger partial charge in [0.1, 0.15) is 5.82 Å². The van der Waals surface area contributed by atoms with Crippen molar-refractivity contribution < 1.29 is 9.72 Å². The van der Waals surface area contributed by atoms with Crippen molar-refractivity contribution >= 4 is 23.5 Å². The molecule has 1 amide bonds. The van der Waals surface area contributed by atoms with Crippen molar-refractivity contribution in [2.45, 2.75) is 12.8 Å². The van der Waals surface area contributed by atoms with E-state index in [1.807, 2.05) is 0 Å². The van der Waals surface area contributed by atoms with E-state index >= 15 is 0 Å². The molecule has 2 heterocycles. The molecule has 0 atom stereocenters. The topological polar surface area (TPSA) is 101 Å². The van der Waals surface area contributed by atoms with Gasteiger partial charge in [-0.05, 0) is 42.5 Å². The van der Waals surface area contributed by atoms with Crippen LogP contribution in [0.3, 0.4) is 0 Å². The number of amides is 1. The Labute approximate surface area is 157 Å². The summed E-state index contributed by atoms with van der Waals surface area (Å²) in [6.45, 7) is 2.44. The number of hydrogen-bond acceptors (Lipinski definition) is 6. The molecule has 0 radical (unpaired) electrons. The second-order valence-corrected chi connectivity index (χ2v) is 6.42. The van der Waals surface area contributed by atoms with E-state index in [0.29, 0.717) is 12.5 Å². The Bertz CT molecular complexity index is 800. The Kier molecular flexibility index (Phi) is 6.09. The van der Waals surface area contributed by atoms with Gasteiger partial charge in [-0.2, -0.15) is 0 Å². The lowest BCUT2D eigenvalue weighted by atomic mass is 9.97. The van der Waals surface area contributed by atoms with Gasteiger partial charge in [-0.3, -0.25) is 19.9 Å². The van der Waals surface area contributed by atoms with Crippen molar-refractivity contribution in [3.05, 3.63) is 64.6 Å². The van der Waals surface area contributed by atoms with Crippen LogP contribution in [0.25, 0.3) is 6.08 Å². The molecule has 1 fully saturated rings. The standard InChI is InChI=1S/C19H21N5O3/c25-19(6-3-15-1-4-17(5-2-15)24(26)27)22-13-16-7-11-23(12-8-16)18-14-20-9-10-21-18/h1-6,9-10,14,16H,7-8,11-13H2,(H,22,25)/b6-3+. The quantitative estimate of drug-likeness (QED) is 0.478. The Balaban J connectivity index is 1.41. The Morgan fingerprint density at radius 1 is 1.26 bits per heavy atom. The summed E-state index contributed by atoms with van der Waals surface area (Å²) >= 11 is 0. The SMILES string of the molecule is O=C(/C=C/c1ccc([N+](=O)[O-])cc1)NCC1CCN(c2cnccn2)CC1. The van der Waals surface area contributed by atoms with Crippen LogP contribution in [0.5, 0.6) is 0 Å². The second-order valence-electron chi connectivity index (χ2n) is 6.42. The van der Waals surface area contributed by atoms with Gasteiger partial charge in [0, 0.05) is 50.2 Å². The number of hydrogen-bond donors (Lipinski definition) is 1. The van der Waals surface area contributed by atoms with Crippen LogP contribution in [-0.2, 0) is 4.79 Å². The fourth-order valence-electron chi connectivity index (χ4n) is 3.00. The number of rotatable bonds is 6. The number of carbonyl (C=O) groups excluding carboxylic acids is 1. The fraction of sp³-hybridized carbons (Fsp3) is 0.316. The number of nitro groups is 1. The molecule has 1 aliphatic rings. The molecule has 0 saturated carbocycles. The van der Waals surface area contributed by atoms with Crippen molar-refractivity contribution in [1.82, 2.24) is 15.3 Å². The van der Waals surface area contributed by atoms with Gasteiger partial charge in [0.05, 0.1) is 11.1 Å².